The van der Waals surface area contributed by atoms with E-state index in [9.17, 15) is 4.79 Å². The van der Waals surface area contributed by atoms with Crippen LogP contribution in [-0.2, 0) is 11.3 Å². The highest BCUT2D eigenvalue weighted by Gasteiger charge is 2.37. The summed E-state index contributed by atoms with van der Waals surface area (Å²) in [5, 5.41) is 11.4. The summed E-state index contributed by atoms with van der Waals surface area (Å²) >= 11 is 1.51. The van der Waals surface area contributed by atoms with Gasteiger partial charge in [0.15, 0.2) is 5.17 Å². The molecule has 0 N–H and O–H groups in total. The molecule has 5 nitrogen and oxygen atoms in total. The van der Waals surface area contributed by atoms with Gasteiger partial charge in [-0.3, -0.25) is 9.69 Å². The number of carbonyl (C=O) groups excluding carboxylic acids is 1. The quantitative estimate of drug-likeness (QED) is 0.387. The number of unbranched alkanes of at least 4 members (excludes halogenated alkanes) is 1. The fraction of sp³-hybridized carbons (Fsp3) is 0.261. The highest BCUT2D eigenvalue weighted by atomic mass is 32.2. The Morgan fingerprint density at radius 2 is 2.00 bits per heavy atom. The van der Waals surface area contributed by atoms with Crippen molar-refractivity contribution < 1.29 is 9.21 Å². The third-order valence-corrected chi connectivity index (χ3v) is 6.15. The predicted molar refractivity (Wildman–Crippen MR) is 119 cm³/mol. The normalized spacial score (nSPS) is 18.5. The van der Waals surface area contributed by atoms with Crippen molar-refractivity contribution in [3.8, 4) is 0 Å². The molecule has 6 heteroatoms. The molecule has 1 saturated heterocycles. The number of furan rings is 1. The van der Waals surface area contributed by atoms with Crippen LogP contribution in [-0.4, -0.2) is 27.4 Å². The minimum Gasteiger partial charge on any atom is -0.463 e. The Bertz CT molecular complexity index is 1040. The van der Waals surface area contributed by atoms with E-state index in [1.54, 1.807) is 23.4 Å². The van der Waals surface area contributed by atoms with Crippen LogP contribution in [0.2, 0.25) is 0 Å². The average Bonchev–Trinajstić information content (AvgIpc) is 3.36. The predicted octanol–water partition coefficient (Wildman–Crippen LogP) is 5.46. The lowest BCUT2D eigenvalue weighted by Crippen LogP contribution is -2.31. The molecule has 1 aromatic heterocycles. The van der Waals surface area contributed by atoms with E-state index >= 15 is 0 Å². The fourth-order valence-corrected chi connectivity index (χ4v) is 4.55. The van der Waals surface area contributed by atoms with Crippen molar-refractivity contribution in [1.82, 2.24) is 4.90 Å². The van der Waals surface area contributed by atoms with Crippen LogP contribution in [0, 0.1) is 0 Å². The van der Waals surface area contributed by atoms with Gasteiger partial charge in [0.2, 0.25) is 5.91 Å². The molecule has 0 aliphatic carbocycles. The van der Waals surface area contributed by atoms with Gasteiger partial charge >= 0.3 is 0 Å². The van der Waals surface area contributed by atoms with Gasteiger partial charge in [-0.15, -0.1) is 5.10 Å². The summed E-state index contributed by atoms with van der Waals surface area (Å²) in [6.07, 6.45) is 6.10. The van der Waals surface area contributed by atoms with Crippen molar-refractivity contribution >= 4 is 39.8 Å². The number of rotatable bonds is 7. The van der Waals surface area contributed by atoms with Crippen molar-refractivity contribution in [2.75, 3.05) is 0 Å². The lowest BCUT2D eigenvalue weighted by atomic mass is 10.0. The number of benzene rings is 2. The van der Waals surface area contributed by atoms with Gasteiger partial charge in [-0.05, 0) is 34.9 Å². The molecule has 1 fully saturated rings. The number of carbonyl (C=O) groups is 1. The first-order valence-electron chi connectivity index (χ1n) is 9.85. The van der Waals surface area contributed by atoms with E-state index in [1.165, 1.54) is 17.1 Å². The summed E-state index contributed by atoms with van der Waals surface area (Å²) in [5.41, 5.74) is 1.11. The number of nitrogens with zero attached hydrogens (tertiary/aromatic N) is 3. The second-order valence-corrected chi connectivity index (χ2v) is 8.12. The maximum Gasteiger partial charge on any atom is 0.242 e. The molecule has 3 aromatic rings. The van der Waals surface area contributed by atoms with Crippen molar-refractivity contribution in [3.63, 3.8) is 0 Å². The topological polar surface area (TPSA) is 58.2 Å². The smallest absolute Gasteiger partial charge is 0.242 e. The zero-order valence-electron chi connectivity index (χ0n) is 16.3. The highest BCUT2D eigenvalue weighted by Crippen LogP contribution is 2.33. The molecule has 0 unspecified atom stereocenters. The van der Waals surface area contributed by atoms with Crippen molar-refractivity contribution in [1.29, 1.82) is 0 Å². The standard InChI is InChI=1S/C23H23N3O2S/c1-2-3-13-21-22(27)26(23(29-21)25-24-15-19-11-7-14-28-19)16-18-10-6-9-17-8-4-5-12-20(17)18/h4-12,14-15,21H,2-3,13,16H2,1H3/b24-15-,25-23-/t21-/m1/s1. The third kappa shape index (κ3) is 4.43. The Balaban J connectivity index is 1.62. The minimum absolute atomic E-state index is 0.0949. The van der Waals surface area contributed by atoms with Gasteiger partial charge in [0.05, 0.1) is 24.3 Å². The van der Waals surface area contributed by atoms with Gasteiger partial charge in [0.25, 0.3) is 0 Å². The Morgan fingerprint density at radius 1 is 1.14 bits per heavy atom. The van der Waals surface area contributed by atoms with E-state index in [2.05, 4.69) is 41.4 Å². The van der Waals surface area contributed by atoms with Gasteiger partial charge in [-0.25, -0.2) is 0 Å². The third-order valence-electron chi connectivity index (χ3n) is 4.92. The SMILES string of the molecule is CCCC[C@H]1S/C(=N\N=C/c2ccco2)N(Cc2cccc3ccccc23)C1=O. The lowest BCUT2D eigenvalue weighted by molar-refractivity contribution is -0.126. The van der Waals surface area contributed by atoms with Gasteiger partial charge in [0, 0.05) is 0 Å². The Hall–Kier alpha value is -2.86. The van der Waals surface area contributed by atoms with Gasteiger partial charge < -0.3 is 4.42 Å². The molecule has 29 heavy (non-hydrogen) atoms. The summed E-state index contributed by atoms with van der Waals surface area (Å²) in [4.78, 5) is 14.9. The second-order valence-electron chi connectivity index (χ2n) is 6.95. The van der Waals surface area contributed by atoms with Crippen molar-refractivity contribution in [2.45, 2.75) is 38.0 Å². The molecule has 0 saturated carbocycles. The number of amidine groups is 1. The molecule has 0 radical (unpaired) electrons. The van der Waals surface area contributed by atoms with Crippen molar-refractivity contribution in [3.05, 3.63) is 72.2 Å². The summed E-state index contributed by atoms with van der Waals surface area (Å²) < 4.78 is 5.26. The first kappa shape index (κ1) is 19.5. The van der Waals surface area contributed by atoms with Crippen LogP contribution < -0.4 is 0 Å². The molecule has 0 spiro atoms. The summed E-state index contributed by atoms with van der Waals surface area (Å²) in [6.45, 7) is 2.63. The monoisotopic (exact) mass is 405 g/mol. The van der Waals surface area contributed by atoms with Crippen LogP contribution in [0.1, 0.15) is 37.5 Å². The Kier molecular flexibility index (Phi) is 6.10. The maximum atomic E-state index is 13.1. The van der Waals surface area contributed by atoms with Gasteiger partial charge in [-0.1, -0.05) is 74.0 Å². The summed E-state index contributed by atoms with van der Waals surface area (Å²) in [6, 6.07) is 18.1. The molecule has 1 aliphatic rings. The van der Waals surface area contributed by atoms with Crippen LogP contribution in [0.5, 0.6) is 0 Å². The Labute approximate surface area is 174 Å². The minimum atomic E-state index is -0.0949. The highest BCUT2D eigenvalue weighted by molar-refractivity contribution is 8.15. The van der Waals surface area contributed by atoms with Crippen LogP contribution in [0.15, 0.2) is 75.5 Å². The molecule has 0 bridgehead atoms. The van der Waals surface area contributed by atoms with Crippen molar-refractivity contribution in [2.24, 2.45) is 10.2 Å². The molecule has 1 amide bonds. The van der Waals surface area contributed by atoms with Gasteiger partial charge in [-0.2, -0.15) is 5.10 Å². The van der Waals surface area contributed by atoms with E-state index in [1.807, 2.05) is 24.3 Å². The summed E-state index contributed by atoms with van der Waals surface area (Å²) in [7, 11) is 0. The zero-order chi connectivity index (χ0) is 20.1. The van der Waals surface area contributed by atoms with Crippen LogP contribution in [0.3, 0.4) is 0 Å². The molecular weight excluding hydrogens is 382 g/mol. The molecule has 4 rings (SSSR count). The first-order valence-corrected chi connectivity index (χ1v) is 10.7. The molecule has 148 valence electrons. The Morgan fingerprint density at radius 3 is 2.83 bits per heavy atom. The average molecular weight is 406 g/mol. The summed E-state index contributed by atoms with van der Waals surface area (Å²) in [5.74, 6) is 0.746. The molecule has 2 heterocycles. The van der Waals surface area contributed by atoms with E-state index in [-0.39, 0.29) is 11.2 Å². The molecule has 1 aliphatic heterocycles. The lowest BCUT2D eigenvalue weighted by Gasteiger charge is -2.17. The van der Waals surface area contributed by atoms with E-state index in [4.69, 9.17) is 4.42 Å². The first-order chi connectivity index (χ1) is 14.3. The second kappa shape index (κ2) is 9.09. The van der Waals surface area contributed by atoms with E-state index < -0.39 is 0 Å². The maximum absolute atomic E-state index is 13.1. The molecule has 1 atom stereocenters. The fourth-order valence-electron chi connectivity index (χ4n) is 3.40. The van der Waals surface area contributed by atoms with E-state index in [0.717, 1.165) is 30.2 Å². The molecule has 2 aromatic carbocycles. The number of fused-ring (bicyclic) bond motifs is 1. The van der Waals surface area contributed by atoms with Crippen LogP contribution >= 0.6 is 11.8 Å². The number of thioether (sulfide) groups is 1. The number of hydrogen-bond donors (Lipinski definition) is 0. The zero-order valence-corrected chi connectivity index (χ0v) is 17.1. The number of hydrogen-bond acceptors (Lipinski definition) is 5. The molecular formula is C23H23N3O2S. The van der Waals surface area contributed by atoms with Crippen LogP contribution in [0.4, 0.5) is 0 Å². The van der Waals surface area contributed by atoms with Gasteiger partial charge in [0.1, 0.15) is 5.76 Å². The van der Waals surface area contributed by atoms with E-state index in [0.29, 0.717) is 17.5 Å². The largest absolute Gasteiger partial charge is 0.463 e. The van der Waals surface area contributed by atoms with Crippen LogP contribution in [0.25, 0.3) is 10.8 Å². The number of amides is 1.